The summed E-state index contributed by atoms with van der Waals surface area (Å²) < 4.78 is 13.8. The van der Waals surface area contributed by atoms with Gasteiger partial charge < -0.3 is 5.32 Å². The van der Waals surface area contributed by atoms with Crippen LogP contribution in [0.1, 0.15) is 11.1 Å². The van der Waals surface area contributed by atoms with Gasteiger partial charge in [-0.15, -0.1) is 0 Å². The second-order valence-corrected chi connectivity index (χ2v) is 5.72. The molecule has 3 amide bonds. The molecule has 6 heteroatoms. The van der Waals surface area contributed by atoms with Crippen LogP contribution in [0.5, 0.6) is 0 Å². The zero-order valence-corrected chi connectivity index (χ0v) is 12.9. The number of nitrogens with one attached hydrogen (secondary N) is 1. The molecule has 118 valence electrons. The van der Waals surface area contributed by atoms with Crippen LogP contribution in [-0.4, -0.2) is 22.9 Å². The normalized spacial score (nSPS) is 17.5. The van der Waals surface area contributed by atoms with Crippen molar-refractivity contribution in [1.82, 2.24) is 10.2 Å². The molecule has 1 aliphatic rings. The topological polar surface area (TPSA) is 49.4 Å². The van der Waals surface area contributed by atoms with Crippen LogP contribution in [0.2, 0.25) is 5.02 Å². The van der Waals surface area contributed by atoms with Crippen molar-refractivity contribution in [3.8, 4) is 0 Å². The third-order valence-corrected chi connectivity index (χ3v) is 4.12. The summed E-state index contributed by atoms with van der Waals surface area (Å²) in [5, 5.41) is 2.83. The highest BCUT2D eigenvalue weighted by Crippen LogP contribution is 2.23. The van der Waals surface area contributed by atoms with Crippen LogP contribution in [-0.2, 0) is 17.8 Å². The highest BCUT2D eigenvalue weighted by atomic mass is 35.5. The number of rotatable bonds is 4. The van der Waals surface area contributed by atoms with Crippen LogP contribution in [0.4, 0.5) is 9.18 Å². The highest BCUT2D eigenvalue weighted by molar-refractivity contribution is 6.31. The highest BCUT2D eigenvalue weighted by Gasteiger charge is 2.38. The molecular formula is C17H14ClFN2O2. The van der Waals surface area contributed by atoms with Crippen molar-refractivity contribution in [2.24, 2.45) is 0 Å². The Hall–Kier alpha value is -2.40. The Morgan fingerprint density at radius 1 is 1.09 bits per heavy atom. The Morgan fingerprint density at radius 3 is 2.52 bits per heavy atom. The predicted octanol–water partition coefficient (Wildman–Crippen LogP) is 3.14. The molecule has 0 aliphatic carbocycles. The van der Waals surface area contributed by atoms with E-state index in [2.05, 4.69) is 5.32 Å². The maximum Gasteiger partial charge on any atom is 0.325 e. The number of nitrogens with zero attached hydrogens (tertiary/aromatic N) is 1. The summed E-state index contributed by atoms with van der Waals surface area (Å²) in [6, 6.07) is 12.5. The number of hydrogen-bond acceptors (Lipinski definition) is 2. The largest absolute Gasteiger partial charge is 0.325 e. The molecule has 0 spiro atoms. The Kier molecular flexibility index (Phi) is 4.30. The van der Waals surface area contributed by atoms with Gasteiger partial charge >= 0.3 is 6.03 Å². The zero-order chi connectivity index (χ0) is 16.4. The molecule has 2 aromatic carbocycles. The summed E-state index contributed by atoms with van der Waals surface area (Å²) in [5.41, 5.74) is 1.08. The van der Waals surface area contributed by atoms with Gasteiger partial charge in [-0.1, -0.05) is 48.0 Å². The average Bonchev–Trinajstić information content (AvgIpc) is 2.79. The molecule has 0 radical (unpaired) electrons. The summed E-state index contributed by atoms with van der Waals surface area (Å²) in [6.07, 6.45) is 0.396. The second-order valence-electron chi connectivity index (χ2n) is 5.32. The maximum absolute atomic E-state index is 13.8. The van der Waals surface area contributed by atoms with Gasteiger partial charge in [0.2, 0.25) is 0 Å². The molecule has 0 unspecified atom stereocenters. The molecule has 23 heavy (non-hydrogen) atoms. The fourth-order valence-corrected chi connectivity index (χ4v) is 2.78. The number of urea groups is 1. The van der Waals surface area contributed by atoms with Crippen molar-refractivity contribution >= 4 is 23.5 Å². The number of hydrogen-bond donors (Lipinski definition) is 1. The first-order valence-electron chi connectivity index (χ1n) is 7.15. The summed E-state index contributed by atoms with van der Waals surface area (Å²) >= 11 is 5.96. The first-order valence-corrected chi connectivity index (χ1v) is 7.53. The number of carbonyl (C=O) groups excluding carboxylic acids is 2. The molecular weight excluding hydrogens is 319 g/mol. The van der Waals surface area contributed by atoms with Crippen LogP contribution in [0.3, 0.4) is 0 Å². The SMILES string of the molecule is O=C1N[C@@H](Cc2ccccc2)C(=O)N1Cc1c(F)cccc1Cl. The Labute approximate surface area is 137 Å². The Balaban J connectivity index is 1.77. The van der Waals surface area contributed by atoms with Gasteiger partial charge in [0.15, 0.2) is 0 Å². The molecule has 1 fully saturated rings. The molecule has 4 nitrogen and oxygen atoms in total. The van der Waals surface area contributed by atoms with Crippen molar-refractivity contribution in [3.05, 3.63) is 70.5 Å². The molecule has 1 heterocycles. The van der Waals surface area contributed by atoms with Gasteiger partial charge in [0.05, 0.1) is 6.54 Å². The average molecular weight is 333 g/mol. The minimum absolute atomic E-state index is 0.137. The van der Waals surface area contributed by atoms with Gasteiger partial charge in [-0.2, -0.15) is 0 Å². The molecule has 1 aliphatic heterocycles. The molecule has 1 atom stereocenters. The van der Waals surface area contributed by atoms with Gasteiger partial charge in [0.1, 0.15) is 11.9 Å². The summed E-state index contributed by atoms with van der Waals surface area (Å²) in [6.45, 7) is -0.179. The summed E-state index contributed by atoms with van der Waals surface area (Å²) in [5.74, 6) is -0.914. The molecule has 2 aromatic rings. The van der Waals surface area contributed by atoms with E-state index in [1.54, 1.807) is 0 Å². The molecule has 1 saturated heterocycles. The van der Waals surface area contributed by atoms with Crippen molar-refractivity contribution in [2.45, 2.75) is 19.0 Å². The van der Waals surface area contributed by atoms with Crippen LogP contribution in [0.25, 0.3) is 0 Å². The molecule has 0 bridgehead atoms. The van der Waals surface area contributed by atoms with Crippen molar-refractivity contribution in [1.29, 1.82) is 0 Å². The van der Waals surface area contributed by atoms with E-state index in [1.807, 2.05) is 30.3 Å². The summed E-state index contributed by atoms with van der Waals surface area (Å²) in [4.78, 5) is 25.5. The van der Waals surface area contributed by atoms with Crippen molar-refractivity contribution in [2.75, 3.05) is 0 Å². The van der Waals surface area contributed by atoms with Gasteiger partial charge in [0.25, 0.3) is 5.91 Å². The Bertz CT molecular complexity index is 731. The summed E-state index contributed by atoms with van der Waals surface area (Å²) in [7, 11) is 0. The van der Waals surface area contributed by atoms with Gasteiger partial charge in [-0.25, -0.2) is 9.18 Å². The van der Waals surface area contributed by atoms with E-state index in [0.717, 1.165) is 10.5 Å². The van der Waals surface area contributed by atoms with Crippen LogP contribution >= 0.6 is 11.6 Å². The lowest BCUT2D eigenvalue weighted by Gasteiger charge is -2.14. The standard InChI is InChI=1S/C17H14ClFN2O2/c18-13-7-4-8-14(19)12(13)10-21-16(22)15(20-17(21)23)9-11-5-2-1-3-6-11/h1-8,15H,9-10H2,(H,20,23)/t15-/m0/s1. The molecule has 0 aromatic heterocycles. The number of amides is 3. The third-order valence-electron chi connectivity index (χ3n) is 3.77. The van der Waals surface area contributed by atoms with Gasteiger partial charge in [-0.3, -0.25) is 9.69 Å². The van der Waals surface area contributed by atoms with Crippen molar-refractivity contribution in [3.63, 3.8) is 0 Å². The minimum atomic E-state index is -0.643. The lowest BCUT2D eigenvalue weighted by atomic mass is 10.1. The second kappa shape index (κ2) is 6.38. The minimum Gasteiger partial charge on any atom is -0.325 e. The van der Waals surface area contributed by atoms with Crippen LogP contribution < -0.4 is 5.32 Å². The number of carbonyl (C=O) groups is 2. The molecule has 3 rings (SSSR count). The zero-order valence-electron chi connectivity index (χ0n) is 12.1. The first kappa shape index (κ1) is 15.5. The van der Waals surface area contributed by atoms with Crippen molar-refractivity contribution < 1.29 is 14.0 Å². The first-order chi connectivity index (χ1) is 11.1. The van der Waals surface area contributed by atoms with E-state index in [4.69, 9.17) is 11.6 Å². The van der Waals surface area contributed by atoms with E-state index in [1.165, 1.54) is 18.2 Å². The van der Waals surface area contributed by atoms with Gasteiger partial charge in [-0.05, 0) is 17.7 Å². The number of benzene rings is 2. The molecule has 1 N–H and O–H groups in total. The smallest absolute Gasteiger partial charge is 0.325 e. The number of imide groups is 1. The molecule has 0 saturated carbocycles. The fourth-order valence-electron chi connectivity index (χ4n) is 2.56. The van der Waals surface area contributed by atoms with E-state index in [-0.39, 0.29) is 23.0 Å². The van der Waals surface area contributed by atoms with E-state index >= 15 is 0 Å². The maximum atomic E-state index is 13.8. The van der Waals surface area contributed by atoms with Gasteiger partial charge in [0, 0.05) is 17.0 Å². The van der Waals surface area contributed by atoms with Crippen LogP contribution in [0.15, 0.2) is 48.5 Å². The lowest BCUT2D eigenvalue weighted by Crippen LogP contribution is -2.32. The quantitative estimate of drug-likeness (QED) is 0.874. The van der Waals surface area contributed by atoms with E-state index in [0.29, 0.717) is 6.42 Å². The van der Waals surface area contributed by atoms with Crippen LogP contribution in [0, 0.1) is 5.82 Å². The predicted molar refractivity (Wildman–Crippen MR) is 84.4 cm³/mol. The van der Waals surface area contributed by atoms with E-state index < -0.39 is 17.9 Å². The Morgan fingerprint density at radius 2 is 1.83 bits per heavy atom. The monoisotopic (exact) mass is 332 g/mol. The lowest BCUT2D eigenvalue weighted by molar-refractivity contribution is -0.127. The third kappa shape index (κ3) is 3.19. The number of halogens is 2. The van der Waals surface area contributed by atoms with E-state index in [9.17, 15) is 14.0 Å². The fraction of sp³-hybridized carbons (Fsp3) is 0.176.